The molecule has 0 aliphatic carbocycles. The second kappa shape index (κ2) is 5.02. The second-order valence-corrected chi connectivity index (χ2v) is 3.17. The van der Waals surface area contributed by atoms with E-state index in [4.69, 9.17) is 9.47 Å². The van der Waals surface area contributed by atoms with Crippen LogP contribution in [0.5, 0.6) is 0 Å². The van der Waals surface area contributed by atoms with Gasteiger partial charge in [-0.15, -0.1) is 0 Å². The van der Waals surface area contributed by atoms with E-state index in [0.29, 0.717) is 12.5 Å². The highest BCUT2D eigenvalue weighted by Gasteiger charge is 2.31. The highest BCUT2D eigenvalue weighted by Crippen LogP contribution is 2.23. The molecule has 1 aliphatic rings. The zero-order valence-electron chi connectivity index (χ0n) is 8.16. The smallest absolute Gasteiger partial charge is 0.330 e. The number of hydrogen-bond acceptors (Lipinski definition) is 3. The van der Waals surface area contributed by atoms with Crippen molar-refractivity contribution in [2.45, 2.75) is 26.4 Å². The van der Waals surface area contributed by atoms with Crippen molar-refractivity contribution in [1.29, 1.82) is 0 Å². The SMILES string of the molecule is CC=CC(=O)OCC1OCC1CC. The Morgan fingerprint density at radius 3 is 2.92 bits per heavy atom. The summed E-state index contributed by atoms with van der Waals surface area (Å²) in [6.07, 6.45) is 4.30. The first kappa shape index (κ1) is 10.3. The van der Waals surface area contributed by atoms with Gasteiger partial charge in [0.25, 0.3) is 0 Å². The Morgan fingerprint density at radius 1 is 1.69 bits per heavy atom. The van der Waals surface area contributed by atoms with E-state index in [1.807, 2.05) is 0 Å². The monoisotopic (exact) mass is 184 g/mol. The molecule has 2 unspecified atom stereocenters. The van der Waals surface area contributed by atoms with Crippen LogP contribution in [0.25, 0.3) is 0 Å². The van der Waals surface area contributed by atoms with E-state index in [1.165, 1.54) is 6.08 Å². The summed E-state index contributed by atoms with van der Waals surface area (Å²) in [4.78, 5) is 10.9. The molecule has 0 spiro atoms. The number of hydrogen-bond donors (Lipinski definition) is 0. The topological polar surface area (TPSA) is 35.5 Å². The van der Waals surface area contributed by atoms with Crippen molar-refractivity contribution in [2.75, 3.05) is 13.2 Å². The Labute approximate surface area is 78.7 Å². The van der Waals surface area contributed by atoms with Gasteiger partial charge in [-0.2, -0.15) is 0 Å². The van der Waals surface area contributed by atoms with Gasteiger partial charge in [0.05, 0.1) is 12.7 Å². The van der Waals surface area contributed by atoms with Gasteiger partial charge in [-0.25, -0.2) is 4.79 Å². The third kappa shape index (κ3) is 2.84. The molecule has 74 valence electrons. The fourth-order valence-corrected chi connectivity index (χ4v) is 1.28. The van der Waals surface area contributed by atoms with Crippen molar-refractivity contribution in [3.8, 4) is 0 Å². The zero-order chi connectivity index (χ0) is 9.68. The summed E-state index contributed by atoms with van der Waals surface area (Å²) < 4.78 is 10.2. The summed E-state index contributed by atoms with van der Waals surface area (Å²) in [5, 5.41) is 0. The van der Waals surface area contributed by atoms with Crippen LogP contribution >= 0.6 is 0 Å². The van der Waals surface area contributed by atoms with Crippen LogP contribution in [-0.4, -0.2) is 25.3 Å². The number of ether oxygens (including phenoxy) is 2. The van der Waals surface area contributed by atoms with E-state index >= 15 is 0 Å². The minimum Gasteiger partial charge on any atom is -0.460 e. The molecule has 0 aromatic rings. The van der Waals surface area contributed by atoms with Gasteiger partial charge in [-0.1, -0.05) is 13.0 Å². The summed E-state index contributed by atoms with van der Waals surface area (Å²) in [5.74, 6) is 0.284. The molecule has 1 fully saturated rings. The molecular weight excluding hydrogens is 168 g/mol. The molecule has 1 rings (SSSR count). The maximum atomic E-state index is 10.9. The lowest BCUT2D eigenvalue weighted by molar-refractivity contribution is -0.163. The van der Waals surface area contributed by atoms with Crippen LogP contribution in [0.2, 0.25) is 0 Å². The van der Waals surface area contributed by atoms with Crippen molar-refractivity contribution in [1.82, 2.24) is 0 Å². The summed E-state index contributed by atoms with van der Waals surface area (Å²) >= 11 is 0. The summed E-state index contributed by atoms with van der Waals surface area (Å²) in [7, 11) is 0. The van der Waals surface area contributed by atoms with Gasteiger partial charge < -0.3 is 9.47 Å². The summed E-state index contributed by atoms with van der Waals surface area (Å²) in [6, 6.07) is 0. The van der Waals surface area contributed by atoms with E-state index in [-0.39, 0.29) is 12.1 Å². The molecule has 1 heterocycles. The number of carbonyl (C=O) groups excluding carboxylic acids is 1. The van der Waals surface area contributed by atoms with Crippen molar-refractivity contribution >= 4 is 5.97 Å². The van der Waals surface area contributed by atoms with Gasteiger partial charge >= 0.3 is 5.97 Å². The molecular formula is C10H16O3. The summed E-state index contributed by atoms with van der Waals surface area (Å²) in [5.41, 5.74) is 0. The normalized spacial score (nSPS) is 27.2. The van der Waals surface area contributed by atoms with E-state index in [2.05, 4.69) is 6.92 Å². The largest absolute Gasteiger partial charge is 0.460 e. The maximum absolute atomic E-state index is 10.9. The molecule has 0 saturated carbocycles. The van der Waals surface area contributed by atoms with Crippen LogP contribution in [0.4, 0.5) is 0 Å². The minimum atomic E-state index is -0.284. The van der Waals surface area contributed by atoms with Gasteiger partial charge in [0.15, 0.2) is 0 Å². The van der Waals surface area contributed by atoms with Crippen LogP contribution in [0.15, 0.2) is 12.2 Å². The lowest BCUT2D eigenvalue weighted by Gasteiger charge is -2.35. The van der Waals surface area contributed by atoms with Gasteiger partial charge in [-0.05, 0) is 13.3 Å². The van der Waals surface area contributed by atoms with Gasteiger partial charge in [0.2, 0.25) is 0 Å². The number of allylic oxidation sites excluding steroid dienone is 1. The van der Waals surface area contributed by atoms with Crippen molar-refractivity contribution in [3.63, 3.8) is 0 Å². The second-order valence-electron chi connectivity index (χ2n) is 3.17. The molecule has 1 aliphatic heterocycles. The number of carbonyl (C=O) groups is 1. The molecule has 0 bridgehead atoms. The van der Waals surface area contributed by atoms with Crippen LogP contribution in [-0.2, 0) is 14.3 Å². The lowest BCUT2D eigenvalue weighted by atomic mass is 9.96. The first-order valence-electron chi connectivity index (χ1n) is 4.69. The molecule has 3 heteroatoms. The number of esters is 1. The highest BCUT2D eigenvalue weighted by molar-refractivity contribution is 5.81. The van der Waals surface area contributed by atoms with Gasteiger partial charge in [0.1, 0.15) is 6.61 Å². The standard InChI is InChI=1S/C10H16O3/c1-3-5-10(11)13-7-9-8(4-2)6-12-9/h3,5,8-9H,4,6-7H2,1-2H3. The molecule has 0 aromatic heterocycles. The van der Waals surface area contributed by atoms with Crippen molar-refractivity contribution in [2.24, 2.45) is 5.92 Å². The average molecular weight is 184 g/mol. The summed E-state index contributed by atoms with van der Waals surface area (Å²) in [6.45, 7) is 5.11. The van der Waals surface area contributed by atoms with E-state index in [0.717, 1.165) is 13.0 Å². The fourth-order valence-electron chi connectivity index (χ4n) is 1.28. The fraction of sp³-hybridized carbons (Fsp3) is 0.700. The van der Waals surface area contributed by atoms with Crippen molar-refractivity contribution < 1.29 is 14.3 Å². The van der Waals surface area contributed by atoms with Crippen LogP contribution in [0.3, 0.4) is 0 Å². The molecule has 13 heavy (non-hydrogen) atoms. The van der Waals surface area contributed by atoms with Crippen molar-refractivity contribution in [3.05, 3.63) is 12.2 Å². The molecule has 1 saturated heterocycles. The Bertz CT molecular complexity index is 196. The van der Waals surface area contributed by atoms with Gasteiger partial charge in [0, 0.05) is 12.0 Å². The van der Waals surface area contributed by atoms with E-state index < -0.39 is 0 Å². The third-order valence-corrected chi connectivity index (χ3v) is 2.27. The average Bonchev–Trinajstić information content (AvgIpc) is 2.04. The predicted molar refractivity (Wildman–Crippen MR) is 49.3 cm³/mol. The van der Waals surface area contributed by atoms with E-state index in [1.54, 1.807) is 13.0 Å². The van der Waals surface area contributed by atoms with Gasteiger partial charge in [-0.3, -0.25) is 0 Å². The first-order valence-corrected chi connectivity index (χ1v) is 4.69. The molecule has 0 N–H and O–H groups in total. The predicted octanol–water partition coefficient (Wildman–Crippen LogP) is 1.53. The quantitative estimate of drug-likeness (QED) is 0.491. The van der Waals surface area contributed by atoms with Crippen LogP contribution < -0.4 is 0 Å². The van der Waals surface area contributed by atoms with E-state index in [9.17, 15) is 4.79 Å². The lowest BCUT2D eigenvalue weighted by Crippen LogP contribution is -2.42. The van der Waals surface area contributed by atoms with Crippen LogP contribution in [0, 0.1) is 5.92 Å². The Balaban J connectivity index is 2.15. The molecule has 0 aromatic carbocycles. The minimum absolute atomic E-state index is 0.124. The molecule has 0 amide bonds. The number of rotatable bonds is 4. The maximum Gasteiger partial charge on any atom is 0.330 e. The zero-order valence-corrected chi connectivity index (χ0v) is 8.16. The highest BCUT2D eigenvalue weighted by atomic mass is 16.6. The Morgan fingerprint density at radius 2 is 2.46 bits per heavy atom. The molecule has 3 nitrogen and oxygen atoms in total. The Kier molecular flexibility index (Phi) is 3.96. The third-order valence-electron chi connectivity index (χ3n) is 2.27. The Hall–Kier alpha value is -0.830. The first-order chi connectivity index (χ1) is 6.27. The molecule has 2 atom stereocenters. The van der Waals surface area contributed by atoms with Crippen LogP contribution in [0.1, 0.15) is 20.3 Å². The molecule has 0 radical (unpaired) electrons.